The van der Waals surface area contributed by atoms with Gasteiger partial charge in [0.1, 0.15) is 11.4 Å². The van der Waals surface area contributed by atoms with E-state index in [2.05, 4.69) is 10.3 Å². The second kappa shape index (κ2) is 6.68. The zero-order valence-corrected chi connectivity index (χ0v) is 15.5. The molecular weight excluding hydrogens is 378 g/mol. The Bertz CT molecular complexity index is 947. The molecule has 9 heteroatoms. The van der Waals surface area contributed by atoms with Crippen molar-refractivity contribution in [3.05, 3.63) is 35.0 Å². The Morgan fingerprint density at radius 1 is 1.35 bits per heavy atom. The van der Waals surface area contributed by atoms with Crippen LogP contribution in [-0.4, -0.2) is 48.9 Å². The third kappa shape index (κ3) is 3.13. The van der Waals surface area contributed by atoms with Gasteiger partial charge in [-0.3, -0.25) is 4.79 Å². The third-order valence-electron chi connectivity index (χ3n) is 4.64. The standard InChI is InChI=1S/C17H18ClN3O4S/c18-12-5-3-11(4-6-12)14-15(16(22)19-10-13-2-1-8-25-13)21-7-9-26(23,24)17(21)20-14/h3-6,13H,1-2,7-10H2,(H,19,22)/t13-/m1/s1. The minimum atomic E-state index is -3.47. The van der Waals surface area contributed by atoms with E-state index in [1.165, 1.54) is 4.57 Å². The van der Waals surface area contributed by atoms with E-state index in [1.807, 2.05) is 0 Å². The molecule has 0 aliphatic carbocycles. The van der Waals surface area contributed by atoms with Gasteiger partial charge in [0, 0.05) is 30.3 Å². The molecule has 0 unspecified atom stereocenters. The Labute approximate surface area is 156 Å². The van der Waals surface area contributed by atoms with Gasteiger partial charge >= 0.3 is 0 Å². The highest BCUT2D eigenvalue weighted by Crippen LogP contribution is 2.31. The van der Waals surface area contributed by atoms with Crippen molar-refractivity contribution in [3.8, 4) is 11.3 Å². The quantitative estimate of drug-likeness (QED) is 0.853. The normalized spacial score (nSPS) is 20.9. The van der Waals surface area contributed by atoms with Crippen LogP contribution in [0.25, 0.3) is 11.3 Å². The molecule has 1 N–H and O–H groups in total. The summed E-state index contributed by atoms with van der Waals surface area (Å²) in [6.45, 7) is 1.32. The van der Waals surface area contributed by atoms with E-state index in [4.69, 9.17) is 16.3 Å². The molecule has 0 radical (unpaired) electrons. The molecule has 0 bridgehead atoms. The van der Waals surface area contributed by atoms with E-state index < -0.39 is 9.84 Å². The maximum atomic E-state index is 12.8. The summed E-state index contributed by atoms with van der Waals surface area (Å²) >= 11 is 5.93. The van der Waals surface area contributed by atoms with Crippen LogP contribution in [0.5, 0.6) is 0 Å². The number of imidazole rings is 1. The van der Waals surface area contributed by atoms with Crippen LogP contribution in [0.2, 0.25) is 5.02 Å². The molecule has 138 valence electrons. The molecule has 1 atom stereocenters. The van der Waals surface area contributed by atoms with E-state index in [9.17, 15) is 13.2 Å². The van der Waals surface area contributed by atoms with Crippen molar-refractivity contribution in [1.29, 1.82) is 0 Å². The summed E-state index contributed by atoms with van der Waals surface area (Å²) in [5.74, 6) is -0.385. The van der Waals surface area contributed by atoms with Gasteiger partial charge in [0.15, 0.2) is 0 Å². The fraction of sp³-hybridized carbons (Fsp3) is 0.412. The van der Waals surface area contributed by atoms with Crippen molar-refractivity contribution in [2.24, 2.45) is 0 Å². The Kier molecular flexibility index (Phi) is 4.50. The zero-order valence-electron chi connectivity index (χ0n) is 13.9. The van der Waals surface area contributed by atoms with Crippen LogP contribution in [0.4, 0.5) is 0 Å². The number of hydrogen-bond acceptors (Lipinski definition) is 5. The van der Waals surface area contributed by atoms with Crippen molar-refractivity contribution in [2.75, 3.05) is 18.9 Å². The fourth-order valence-corrected chi connectivity index (χ4v) is 4.80. The molecule has 1 fully saturated rings. The Morgan fingerprint density at radius 3 is 2.81 bits per heavy atom. The van der Waals surface area contributed by atoms with Gasteiger partial charge in [-0.05, 0) is 25.0 Å². The Balaban J connectivity index is 1.71. The van der Waals surface area contributed by atoms with Gasteiger partial charge in [0.05, 0.1) is 11.9 Å². The van der Waals surface area contributed by atoms with Crippen LogP contribution in [0.3, 0.4) is 0 Å². The highest BCUT2D eigenvalue weighted by Gasteiger charge is 2.35. The number of nitrogens with zero attached hydrogens (tertiary/aromatic N) is 2. The van der Waals surface area contributed by atoms with Gasteiger partial charge in [-0.2, -0.15) is 0 Å². The molecule has 1 aromatic heterocycles. The first kappa shape index (κ1) is 17.5. The van der Waals surface area contributed by atoms with E-state index >= 15 is 0 Å². The average molecular weight is 396 g/mol. The Hall–Kier alpha value is -1.90. The van der Waals surface area contributed by atoms with E-state index in [0.717, 1.165) is 12.8 Å². The second-order valence-electron chi connectivity index (χ2n) is 6.41. The van der Waals surface area contributed by atoms with Crippen LogP contribution in [-0.2, 0) is 21.1 Å². The molecular formula is C17H18ClN3O4S. The lowest BCUT2D eigenvalue weighted by Crippen LogP contribution is -2.33. The SMILES string of the molecule is O=C(NC[C@H]1CCCO1)c1c(-c2ccc(Cl)cc2)nc2n1CCS2(=O)=O. The summed E-state index contributed by atoms with van der Waals surface area (Å²) in [6.07, 6.45) is 1.89. The van der Waals surface area contributed by atoms with Crippen molar-refractivity contribution < 1.29 is 17.9 Å². The summed E-state index contributed by atoms with van der Waals surface area (Å²) in [7, 11) is -3.47. The molecule has 2 aliphatic heterocycles. The molecule has 4 rings (SSSR count). The third-order valence-corrected chi connectivity index (χ3v) is 6.48. The smallest absolute Gasteiger partial charge is 0.270 e. The molecule has 7 nitrogen and oxygen atoms in total. The average Bonchev–Trinajstić information content (AvgIpc) is 3.31. The lowest BCUT2D eigenvalue weighted by Gasteiger charge is -2.12. The summed E-state index contributed by atoms with van der Waals surface area (Å²) < 4.78 is 31.5. The van der Waals surface area contributed by atoms with Crippen molar-refractivity contribution in [1.82, 2.24) is 14.9 Å². The first-order valence-electron chi connectivity index (χ1n) is 8.45. The number of carbonyl (C=O) groups is 1. The number of hydrogen-bond donors (Lipinski definition) is 1. The zero-order chi connectivity index (χ0) is 18.3. The summed E-state index contributed by atoms with van der Waals surface area (Å²) in [6, 6.07) is 6.82. The van der Waals surface area contributed by atoms with Gasteiger partial charge in [0.25, 0.3) is 5.91 Å². The van der Waals surface area contributed by atoms with Gasteiger partial charge in [0.2, 0.25) is 15.0 Å². The topological polar surface area (TPSA) is 90.3 Å². The highest BCUT2D eigenvalue weighted by atomic mass is 35.5. The number of nitrogens with one attached hydrogen (secondary N) is 1. The van der Waals surface area contributed by atoms with Crippen LogP contribution in [0, 0.1) is 0 Å². The number of halogens is 1. The van der Waals surface area contributed by atoms with Crippen LogP contribution in [0.1, 0.15) is 23.3 Å². The number of rotatable bonds is 4. The molecule has 26 heavy (non-hydrogen) atoms. The summed E-state index contributed by atoms with van der Waals surface area (Å²) in [4.78, 5) is 17.1. The van der Waals surface area contributed by atoms with Gasteiger partial charge in [-0.15, -0.1) is 0 Å². The fourth-order valence-electron chi connectivity index (χ4n) is 3.31. The molecule has 0 spiro atoms. The molecule has 2 aromatic rings. The van der Waals surface area contributed by atoms with Crippen molar-refractivity contribution >= 4 is 27.3 Å². The predicted octanol–water partition coefficient (Wildman–Crippen LogP) is 1.90. The molecule has 1 aromatic carbocycles. The van der Waals surface area contributed by atoms with Crippen LogP contribution >= 0.6 is 11.6 Å². The molecule has 0 saturated carbocycles. The molecule has 1 amide bonds. The number of carbonyl (C=O) groups excluding carboxylic acids is 1. The van der Waals surface area contributed by atoms with E-state index in [0.29, 0.717) is 29.4 Å². The molecule has 1 saturated heterocycles. The maximum absolute atomic E-state index is 12.8. The number of benzene rings is 1. The highest BCUT2D eigenvalue weighted by molar-refractivity contribution is 7.91. The number of sulfone groups is 1. The monoisotopic (exact) mass is 395 g/mol. The summed E-state index contributed by atoms with van der Waals surface area (Å²) in [5, 5.41) is 3.36. The Morgan fingerprint density at radius 2 is 2.12 bits per heavy atom. The summed E-state index contributed by atoms with van der Waals surface area (Å²) in [5.41, 5.74) is 1.26. The minimum Gasteiger partial charge on any atom is -0.376 e. The van der Waals surface area contributed by atoms with Crippen molar-refractivity contribution in [3.63, 3.8) is 0 Å². The van der Waals surface area contributed by atoms with Crippen LogP contribution < -0.4 is 5.32 Å². The number of fused-ring (bicyclic) bond motifs is 1. The number of amides is 1. The number of ether oxygens (including phenoxy) is 1. The van der Waals surface area contributed by atoms with E-state index in [-0.39, 0.29) is 35.2 Å². The first-order chi connectivity index (χ1) is 12.5. The van der Waals surface area contributed by atoms with Crippen molar-refractivity contribution in [2.45, 2.75) is 30.6 Å². The van der Waals surface area contributed by atoms with Crippen LogP contribution in [0.15, 0.2) is 29.4 Å². The molecule has 3 heterocycles. The second-order valence-corrected chi connectivity index (χ2v) is 8.85. The predicted molar refractivity (Wildman–Crippen MR) is 96.0 cm³/mol. The number of aromatic nitrogens is 2. The lowest BCUT2D eigenvalue weighted by atomic mass is 10.1. The van der Waals surface area contributed by atoms with E-state index in [1.54, 1.807) is 24.3 Å². The van der Waals surface area contributed by atoms with Gasteiger partial charge in [-0.1, -0.05) is 23.7 Å². The van der Waals surface area contributed by atoms with Gasteiger partial charge < -0.3 is 14.6 Å². The maximum Gasteiger partial charge on any atom is 0.270 e. The lowest BCUT2D eigenvalue weighted by molar-refractivity contribution is 0.0850. The first-order valence-corrected chi connectivity index (χ1v) is 10.5. The van der Waals surface area contributed by atoms with Gasteiger partial charge in [-0.25, -0.2) is 13.4 Å². The minimum absolute atomic E-state index is 0.00244. The largest absolute Gasteiger partial charge is 0.376 e. The molecule has 2 aliphatic rings.